The number of carbonyl (C=O) groups is 4. The number of amides is 4. The van der Waals surface area contributed by atoms with Gasteiger partial charge in [-0.05, 0) is 12.8 Å². The quantitative estimate of drug-likeness (QED) is 0.156. The van der Waals surface area contributed by atoms with Crippen molar-refractivity contribution in [2.24, 2.45) is 0 Å². The summed E-state index contributed by atoms with van der Waals surface area (Å²) >= 11 is 1.87. The van der Waals surface area contributed by atoms with Crippen molar-refractivity contribution in [3.63, 3.8) is 0 Å². The Bertz CT molecular complexity index is 726. The predicted molar refractivity (Wildman–Crippen MR) is 94.7 cm³/mol. The Labute approximate surface area is 159 Å². The minimum Gasteiger partial charge on any atom is -0.481 e. The van der Waals surface area contributed by atoms with E-state index in [1.54, 1.807) is 5.32 Å². The molecule has 3 fully saturated rings. The Morgan fingerprint density at radius 1 is 1.19 bits per heavy atom. The molecule has 0 aromatic heterocycles. The maximum absolute atomic E-state index is 11.1. The van der Waals surface area contributed by atoms with E-state index < -0.39 is 39.6 Å². The monoisotopic (exact) mass is 423 g/mol. The number of fused-ring (bicyclic) bond motifs is 1. The third-order valence-electron chi connectivity index (χ3n) is 4.35. The van der Waals surface area contributed by atoms with Crippen LogP contribution in [0.1, 0.15) is 32.1 Å². The van der Waals surface area contributed by atoms with Crippen molar-refractivity contribution in [2.45, 2.75) is 54.7 Å². The summed E-state index contributed by atoms with van der Waals surface area (Å²) in [5.41, 5.74) is 0. The minimum atomic E-state index is -4.42. The van der Waals surface area contributed by atoms with Crippen molar-refractivity contribution in [3.05, 3.63) is 0 Å². The highest BCUT2D eigenvalue weighted by molar-refractivity contribution is 8.00. The molecule has 13 heteroatoms. The molecule has 3 aliphatic rings. The lowest BCUT2D eigenvalue weighted by Crippen LogP contribution is -2.36. The highest BCUT2D eigenvalue weighted by Crippen LogP contribution is 2.33. The molecule has 4 amide bonds. The Hall–Kier alpha value is -1.86. The summed E-state index contributed by atoms with van der Waals surface area (Å²) in [6.45, 7) is 0. The Morgan fingerprint density at radius 2 is 1.89 bits per heavy atom. The molecule has 0 bridgehead atoms. The van der Waals surface area contributed by atoms with Gasteiger partial charge < -0.3 is 15.7 Å². The first-order valence-corrected chi connectivity index (χ1v) is 10.8. The van der Waals surface area contributed by atoms with Gasteiger partial charge in [-0.2, -0.15) is 20.2 Å². The number of imide groups is 1. The summed E-state index contributed by atoms with van der Waals surface area (Å²) in [6, 6.07) is 0.440. The van der Waals surface area contributed by atoms with Crippen LogP contribution in [-0.2, 0) is 24.5 Å². The number of thioether (sulfide) groups is 1. The SMILES string of the molecule is O=C(O)CCCC[C@@H]1SC[C@@H]2NC(=O)N[C@@H]21.O=C1CC(S(=O)(=O)O)C(=O)N1. The molecule has 0 aromatic carbocycles. The fourth-order valence-corrected chi connectivity index (χ4v) is 5.27. The topological polar surface area (TPSA) is 179 Å². The predicted octanol–water partition coefficient (Wildman–Crippen LogP) is -0.914. The molecule has 0 saturated carbocycles. The number of hydrogen-bond acceptors (Lipinski definition) is 7. The van der Waals surface area contributed by atoms with Gasteiger partial charge in [0.2, 0.25) is 11.8 Å². The van der Waals surface area contributed by atoms with Crippen molar-refractivity contribution in [3.8, 4) is 0 Å². The molecule has 0 aliphatic carbocycles. The van der Waals surface area contributed by atoms with Crippen molar-refractivity contribution < 1.29 is 37.3 Å². The van der Waals surface area contributed by atoms with Crippen LogP contribution in [0.15, 0.2) is 0 Å². The molecule has 152 valence electrons. The van der Waals surface area contributed by atoms with Crippen LogP contribution in [0.4, 0.5) is 4.79 Å². The van der Waals surface area contributed by atoms with Crippen molar-refractivity contribution >= 4 is 45.7 Å². The number of hydrogen-bond donors (Lipinski definition) is 5. The van der Waals surface area contributed by atoms with Crippen molar-refractivity contribution in [1.82, 2.24) is 16.0 Å². The number of carboxylic acids is 1. The van der Waals surface area contributed by atoms with Crippen molar-refractivity contribution in [1.29, 1.82) is 0 Å². The highest BCUT2D eigenvalue weighted by atomic mass is 32.2. The second-order valence-electron chi connectivity index (χ2n) is 6.38. The zero-order valence-corrected chi connectivity index (χ0v) is 15.8. The largest absolute Gasteiger partial charge is 0.481 e. The minimum absolute atomic E-state index is 0.0640. The van der Waals surface area contributed by atoms with Gasteiger partial charge in [0.05, 0.1) is 18.5 Å². The summed E-state index contributed by atoms with van der Waals surface area (Å²) in [6.07, 6.45) is 2.39. The number of nitrogens with one attached hydrogen (secondary N) is 3. The smallest absolute Gasteiger partial charge is 0.315 e. The second kappa shape index (κ2) is 8.89. The number of unbranched alkanes of at least 4 members (excludes halogenated alkanes) is 1. The van der Waals surface area contributed by atoms with Gasteiger partial charge in [-0.25, -0.2) is 4.79 Å². The van der Waals surface area contributed by atoms with E-state index in [1.165, 1.54) is 0 Å². The van der Waals surface area contributed by atoms with E-state index in [2.05, 4.69) is 10.6 Å². The first-order chi connectivity index (χ1) is 12.6. The Morgan fingerprint density at radius 3 is 2.41 bits per heavy atom. The van der Waals surface area contributed by atoms with Gasteiger partial charge in [-0.15, -0.1) is 0 Å². The average molecular weight is 423 g/mol. The van der Waals surface area contributed by atoms with Crippen LogP contribution in [0.2, 0.25) is 0 Å². The second-order valence-corrected chi connectivity index (χ2v) is 9.25. The molecule has 27 heavy (non-hydrogen) atoms. The lowest BCUT2D eigenvalue weighted by Gasteiger charge is -2.16. The van der Waals surface area contributed by atoms with E-state index in [-0.39, 0.29) is 24.5 Å². The van der Waals surface area contributed by atoms with E-state index in [4.69, 9.17) is 9.66 Å². The number of urea groups is 1. The molecule has 0 aromatic rings. The third kappa shape index (κ3) is 6.07. The summed E-state index contributed by atoms with van der Waals surface area (Å²) in [5.74, 6) is -1.41. The molecule has 0 spiro atoms. The molecule has 3 heterocycles. The molecular weight excluding hydrogens is 402 g/mol. The molecule has 3 aliphatic heterocycles. The molecule has 4 atom stereocenters. The number of aliphatic carboxylic acids is 1. The van der Waals surface area contributed by atoms with Gasteiger partial charge >= 0.3 is 12.0 Å². The lowest BCUT2D eigenvalue weighted by atomic mass is 10.0. The van der Waals surface area contributed by atoms with E-state index in [0.29, 0.717) is 5.25 Å². The highest BCUT2D eigenvalue weighted by Gasteiger charge is 2.42. The summed E-state index contributed by atoms with van der Waals surface area (Å²) in [5, 5.41) is 14.9. The van der Waals surface area contributed by atoms with Gasteiger partial charge in [0.1, 0.15) is 0 Å². The van der Waals surface area contributed by atoms with Crippen LogP contribution in [0, 0.1) is 0 Å². The number of carbonyl (C=O) groups excluding carboxylic acids is 3. The van der Waals surface area contributed by atoms with E-state index in [1.807, 2.05) is 11.8 Å². The van der Waals surface area contributed by atoms with E-state index >= 15 is 0 Å². The summed E-state index contributed by atoms with van der Waals surface area (Å²) in [4.78, 5) is 42.4. The maximum atomic E-state index is 11.1. The van der Waals surface area contributed by atoms with Gasteiger partial charge in [-0.3, -0.25) is 24.3 Å². The van der Waals surface area contributed by atoms with Gasteiger partial charge in [0.25, 0.3) is 10.1 Å². The standard InChI is InChI=1S/C10H16N2O3S.C4H5NO5S/c13-8(14)4-2-1-3-7-9-6(5-16-7)11-10(15)12-9;6-3-1-2(4(7)5-3)11(8,9)10/h6-7,9H,1-5H2,(H,13,14)(H2,11,12,15);2H,1H2,(H,5,6,7)(H,8,9,10)/t6-,7-,9-;/m0./s1. The normalized spacial score (nSPS) is 29.3. The van der Waals surface area contributed by atoms with E-state index in [9.17, 15) is 27.6 Å². The molecule has 11 nitrogen and oxygen atoms in total. The summed E-state index contributed by atoms with van der Waals surface area (Å²) < 4.78 is 29.0. The zero-order valence-electron chi connectivity index (χ0n) is 14.2. The first-order valence-electron chi connectivity index (χ1n) is 8.28. The van der Waals surface area contributed by atoms with Crippen LogP contribution in [0.25, 0.3) is 0 Å². The van der Waals surface area contributed by atoms with Gasteiger partial charge in [0, 0.05) is 17.4 Å². The Kier molecular flexibility index (Phi) is 7.06. The number of carboxylic acid groups (broad SMARTS) is 1. The Balaban J connectivity index is 0.000000208. The average Bonchev–Trinajstić information content (AvgIpc) is 3.18. The fourth-order valence-electron chi connectivity index (χ4n) is 3.04. The fraction of sp³-hybridized carbons (Fsp3) is 0.714. The third-order valence-corrected chi connectivity index (χ3v) is 6.96. The lowest BCUT2D eigenvalue weighted by molar-refractivity contribution is -0.137. The molecule has 5 N–H and O–H groups in total. The molecule has 1 unspecified atom stereocenters. The van der Waals surface area contributed by atoms with Crippen LogP contribution in [-0.4, -0.2) is 70.2 Å². The van der Waals surface area contributed by atoms with Crippen LogP contribution in [0.5, 0.6) is 0 Å². The number of rotatable bonds is 6. The molecular formula is C14H21N3O8S2. The first kappa shape index (κ1) is 21.4. The van der Waals surface area contributed by atoms with Crippen LogP contribution in [0.3, 0.4) is 0 Å². The van der Waals surface area contributed by atoms with Gasteiger partial charge in [-0.1, -0.05) is 6.42 Å². The van der Waals surface area contributed by atoms with Crippen LogP contribution >= 0.6 is 11.8 Å². The summed E-state index contributed by atoms with van der Waals surface area (Å²) in [7, 11) is -4.42. The van der Waals surface area contributed by atoms with Crippen molar-refractivity contribution in [2.75, 3.05) is 5.75 Å². The molecule has 3 saturated heterocycles. The van der Waals surface area contributed by atoms with E-state index in [0.717, 1.165) is 25.0 Å². The zero-order chi connectivity index (χ0) is 20.2. The molecule has 3 rings (SSSR count). The maximum Gasteiger partial charge on any atom is 0.315 e. The van der Waals surface area contributed by atoms with Gasteiger partial charge in [0.15, 0.2) is 5.25 Å². The molecule has 0 radical (unpaired) electrons. The van der Waals surface area contributed by atoms with Crippen LogP contribution < -0.4 is 16.0 Å².